The number of carbonyl (C=O) groups is 2. The third-order valence-corrected chi connectivity index (χ3v) is 6.72. The highest BCUT2D eigenvalue weighted by atomic mass is 35.5. The van der Waals surface area contributed by atoms with Crippen molar-refractivity contribution in [1.82, 2.24) is 4.90 Å². The molecule has 1 aliphatic heterocycles. The molecule has 0 aliphatic carbocycles. The van der Waals surface area contributed by atoms with Gasteiger partial charge in [-0.15, -0.1) is 0 Å². The van der Waals surface area contributed by atoms with Crippen LogP contribution in [0.25, 0.3) is 0 Å². The molecular weight excluding hydrogens is 477 g/mol. The molecule has 1 aliphatic rings. The van der Waals surface area contributed by atoms with Gasteiger partial charge >= 0.3 is 0 Å². The lowest BCUT2D eigenvalue weighted by atomic mass is 10.1. The lowest BCUT2D eigenvalue weighted by Gasteiger charge is -2.32. The van der Waals surface area contributed by atoms with Gasteiger partial charge in [-0.3, -0.25) is 14.5 Å². The van der Waals surface area contributed by atoms with Crippen LogP contribution in [0.15, 0.2) is 83.9 Å². The molecule has 1 unspecified atom stereocenters. The second-order valence-electron chi connectivity index (χ2n) is 7.46. The van der Waals surface area contributed by atoms with Crippen molar-refractivity contribution in [3.63, 3.8) is 0 Å². The van der Waals surface area contributed by atoms with E-state index in [1.165, 1.54) is 11.8 Å². The summed E-state index contributed by atoms with van der Waals surface area (Å²) in [5.41, 5.74) is 2.37. The predicted octanol–water partition coefficient (Wildman–Crippen LogP) is 6.20. The van der Waals surface area contributed by atoms with E-state index in [-0.39, 0.29) is 18.2 Å². The van der Waals surface area contributed by atoms with E-state index in [1.807, 2.05) is 60.7 Å². The first-order valence-electron chi connectivity index (χ1n) is 10.4. The molecule has 1 heterocycles. The Morgan fingerprint density at radius 2 is 1.76 bits per heavy atom. The minimum Gasteiger partial charge on any atom is -0.325 e. The number of hydrogen-bond acceptors (Lipinski definition) is 4. The molecule has 168 valence electrons. The number of halogens is 2. The second-order valence-corrected chi connectivity index (χ2v) is 9.50. The van der Waals surface area contributed by atoms with Gasteiger partial charge in [-0.25, -0.2) is 4.99 Å². The zero-order valence-corrected chi connectivity index (χ0v) is 19.9. The summed E-state index contributed by atoms with van der Waals surface area (Å²) in [7, 11) is 0. The summed E-state index contributed by atoms with van der Waals surface area (Å²) in [6, 6.07) is 23.8. The molecule has 0 spiro atoms. The molecule has 5 nitrogen and oxygen atoms in total. The van der Waals surface area contributed by atoms with Gasteiger partial charge in [0.15, 0.2) is 5.17 Å². The molecule has 8 heteroatoms. The first-order valence-corrected chi connectivity index (χ1v) is 12.0. The lowest BCUT2D eigenvalue weighted by molar-refractivity contribution is -0.129. The van der Waals surface area contributed by atoms with Gasteiger partial charge in [0, 0.05) is 28.7 Å². The van der Waals surface area contributed by atoms with E-state index < -0.39 is 5.25 Å². The zero-order chi connectivity index (χ0) is 23.2. The van der Waals surface area contributed by atoms with Crippen molar-refractivity contribution in [1.29, 1.82) is 0 Å². The van der Waals surface area contributed by atoms with E-state index in [9.17, 15) is 9.59 Å². The number of nitrogens with zero attached hydrogens (tertiary/aromatic N) is 2. The van der Waals surface area contributed by atoms with Gasteiger partial charge in [0.05, 0.1) is 5.69 Å². The maximum atomic E-state index is 13.1. The number of anilines is 1. The molecule has 0 radical (unpaired) electrons. The number of carbonyl (C=O) groups excluding carboxylic acids is 2. The van der Waals surface area contributed by atoms with Gasteiger partial charge in [0.2, 0.25) is 11.8 Å². The van der Waals surface area contributed by atoms with Crippen molar-refractivity contribution >= 4 is 63.3 Å². The second kappa shape index (κ2) is 10.9. The molecule has 1 N–H and O–H groups in total. The first kappa shape index (κ1) is 23.4. The normalized spacial score (nSPS) is 17.3. The van der Waals surface area contributed by atoms with Crippen molar-refractivity contribution in [3.8, 4) is 0 Å². The molecular formula is C25H21Cl2N3O2S. The molecule has 2 amide bonds. The summed E-state index contributed by atoms with van der Waals surface area (Å²) in [5.74, 6) is -0.368. The number of hydrogen-bond donors (Lipinski definition) is 1. The number of nitrogens with one attached hydrogen (secondary N) is 1. The molecule has 4 rings (SSSR count). The molecule has 1 atom stereocenters. The fraction of sp³-hybridized carbons (Fsp3) is 0.160. The van der Waals surface area contributed by atoms with Crippen molar-refractivity contribution in [2.24, 2.45) is 4.99 Å². The van der Waals surface area contributed by atoms with Crippen LogP contribution in [-0.2, 0) is 16.0 Å². The van der Waals surface area contributed by atoms with Gasteiger partial charge in [-0.05, 0) is 54.4 Å². The summed E-state index contributed by atoms with van der Waals surface area (Å²) in [6.07, 6.45) is 0.734. The number of amides is 2. The van der Waals surface area contributed by atoms with E-state index >= 15 is 0 Å². The third-order valence-electron chi connectivity index (χ3n) is 5.04. The Morgan fingerprint density at radius 3 is 2.48 bits per heavy atom. The summed E-state index contributed by atoms with van der Waals surface area (Å²) < 4.78 is 0. The Hall–Kier alpha value is -2.80. The molecule has 3 aromatic rings. The summed E-state index contributed by atoms with van der Waals surface area (Å²) in [6.45, 7) is 0.444. The number of benzene rings is 3. The predicted molar refractivity (Wildman–Crippen MR) is 136 cm³/mol. The summed E-state index contributed by atoms with van der Waals surface area (Å²) >= 11 is 13.4. The summed E-state index contributed by atoms with van der Waals surface area (Å²) in [5, 5.41) is 4.00. The Balaban J connectivity index is 1.55. The van der Waals surface area contributed by atoms with Crippen LogP contribution in [0.3, 0.4) is 0 Å². The van der Waals surface area contributed by atoms with Gasteiger partial charge in [-0.2, -0.15) is 0 Å². The van der Waals surface area contributed by atoms with Crippen molar-refractivity contribution in [2.75, 3.05) is 11.9 Å². The number of rotatable bonds is 6. The zero-order valence-electron chi connectivity index (χ0n) is 17.6. The average molecular weight is 498 g/mol. The summed E-state index contributed by atoms with van der Waals surface area (Å²) in [4.78, 5) is 32.3. The fourth-order valence-electron chi connectivity index (χ4n) is 3.35. The molecule has 33 heavy (non-hydrogen) atoms. The molecule has 0 saturated carbocycles. The smallest absolute Gasteiger partial charge is 0.238 e. The van der Waals surface area contributed by atoms with Crippen LogP contribution in [0.4, 0.5) is 11.4 Å². The minimum absolute atomic E-state index is 0.0958. The lowest BCUT2D eigenvalue weighted by Crippen LogP contribution is -2.46. The minimum atomic E-state index is -0.581. The maximum absolute atomic E-state index is 13.1. The fourth-order valence-corrected chi connectivity index (χ4v) is 4.79. The Kier molecular flexibility index (Phi) is 7.70. The van der Waals surface area contributed by atoms with Crippen LogP contribution in [-0.4, -0.2) is 33.7 Å². The molecule has 1 fully saturated rings. The number of thioether (sulfide) groups is 1. The molecule has 0 aromatic heterocycles. The molecule has 3 aromatic carbocycles. The Labute approximate surface area is 206 Å². The first-order chi connectivity index (χ1) is 16.0. The average Bonchev–Trinajstić information content (AvgIpc) is 2.80. The highest BCUT2D eigenvalue weighted by Gasteiger charge is 2.35. The molecule has 1 saturated heterocycles. The van der Waals surface area contributed by atoms with Crippen LogP contribution < -0.4 is 5.32 Å². The van der Waals surface area contributed by atoms with E-state index in [0.717, 1.165) is 5.56 Å². The largest absolute Gasteiger partial charge is 0.325 e. The van der Waals surface area contributed by atoms with Crippen LogP contribution >= 0.6 is 35.0 Å². The molecule has 0 bridgehead atoms. The standard InChI is InChI=1S/C25H21Cl2N3O2S/c26-18-11-9-17(10-12-18)13-14-30-23(31)16-22(24(32)28-20-6-2-1-3-7-20)33-25(30)29-21-8-4-5-19(27)15-21/h1-12,15,22H,13-14,16H2,(H,28,32). The monoisotopic (exact) mass is 497 g/mol. The van der Waals surface area contributed by atoms with Crippen molar-refractivity contribution in [3.05, 3.63) is 94.5 Å². The maximum Gasteiger partial charge on any atom is 0.238 e. The number of aliphatic imine (C=N–C) groups is 1. The van der Waals surface area contributed by atoms with Gasteiger partial charge in [-0.1, -0.05) is 71.4 Å². The van der Waals surface area contributed by atoms with E-state index in [2.05, 4.69) is 10.3 Å². The Bertz CT molecular complexity index is 1170. The van der Waals surface area contributed by atoms with Crippen molar-refractivity contribution in [2.45, 2.75) is 18.1 Å². The Morgan fingerprint density at radius 1 is 1.00 bits per heavy atom. The number of para-hydroxylation sites is 1. The van der Waals surface area contributed by atoms with E-state index in [1.54, 1.807) is 23.1 Å². The third kappa shape index (κ3) is 6.38. The van der Waals surface area contributed by atoms with Gasteiger partial charge in [0.25, 0.3) is 0 Å². The van der Waals surface area contributed by atoms with Crippen molar-refractivity contribution < 1.29 is 9.59 Å². The SMILES string of the molecule is O=C(Nc1ccccc1)C1CC(=O)N(CCc2ccc(Cl)cc2)C(=Nc2cccc(Cl)c2)S1. The number of amidine groups is 1. The van der Waals surface area contributed by atoms with Crippen LogP contribution in [0, 0.1) is 0 Å². The van der Waals surface area contributed by atoms with E-state index in [0.29, 0.717) is 39.6 Å². The van der Waals surface area contributed by atoms with Crippen LogP contribution in [0.5, 0.6) is 0 Å². The quantitative estimate of drug-likeness (QED) is 0.441. The van der Waals surface area contributed by atoms with E-state index in [4.69, 9.17) is 23.2 Å². The topological polar surface area (TPSA) is 61.8 Å². The van der Waals surface area contributed by atoms with Crippen LogP contribution in [0.2, 0.25) is 10.0 Å². The highest BCUT2D eigenvalue weighted by molar-refractivity contribution is 8.15. The van der Waals surface area contributed by atoms with Crippen LogP contribution in [0.1, 0.15) is 12.0 Å². The van der Waals surface area contributed by atoms with Gasteiger partial charge < -0.3 is 5.32 Å². The van der Waals surface area contributed by atoms with Gasteiger partial charge in [0.1, 0.15) is 5.25 Å². The highest BCUT2D eigenvalue weighted by Crippen LogP contribution is 2.31.